The van der Waals surface area contributed by atoms with Gasteiger partial charge in [-0.1, -0.05) is 41.5 Å². The molecule has 0 unspecified atom stereocenters. The summed E-state index contributed by atoms with van der Waals surface area (Å²) in [5.41, 5.74) is -0.711. The number of methoxy groups -OCH3 is 1. The van der Waals surface area contributed by atoms with E-state index in [0.717, 1.165) is 0 Å². The Hall–Kier alpha value is -2.31. The Kier molecular flexibility index (Phi) is 6.81. The maximum absolute atomic E-state index is 12.7. The van der Waals surface area contributed by atoms with Crippen molar-refractivity contribution >= 4 is 11.9 Å². The summed E-state index contributed by atoms with van der Waals surface area (Å²) < 4.78 is 11.0. The van der Waals surface area contributed by atoms with Crippen LogP contribution in [0.1, 0.15) is 71.3 Å². The SMILES string of the molecule is COc1ccnc(C(=O)NC2CC(C)(C)C(OC(=O)CC(C)C)C(C)(C)C2)c1O. The smallest absolute Gasteiger partial charge is 0.306 e. The zero-order chi connectivity index (χ0) is 22.0. The standard InChI is InChI=1S/C22H34N2O5/c1-13(2)10-16(25)29-20-21(3,4)11-14(12-22(20,5)6)24-19(27)17-18(26)15(28-7)8-9-23-17/h8-9,13-14,20,26H,10-12H2,1-7H3,(H,24,27). The van der Waals surface area contributed by atoms with Crippen molar-refractivity contribution in [2.45, 2.75) is 73.0 Å². The molecule has 29 heavy (non-hydrogen) atoms. The minimum Gasteiger partial charge on any atom is -0.503 e. The summed E-state index contributed by atoms with van der Waals surface area (Å²) in [6.45, 7) is 12.2. The number of esters is 1. The summed E-state index contributed by atoms with van der Waals surface area (Å²) in [5, 5.41) is 13.2. The minimum atomic E-state index is -0.451. The first kappa shape index (κ1) is 23.0. The van der Waals surface area contributed by atoms with Crippen LogP contribution < -0.4 is 10.1 Å². The Morgan fingerprint density at radius 3 is 2.34 bits per heavy atom. The molecule has 0 aromatic carbocycles. The predicted molar refractivity (Wildman–Crippen MR) is 110 cm³/mol. The topological polar surface area (TPSA) is 97.8 Å². The van der Waals surface area contributed by atoms with Crippen LogP contribution in [0.25, 0.3) is 0 Å². The molecule has 7 heteroatoms. The molecule has 1 aromatic rings. The van der Waals surface area contributed by atoms with Gasteiger partial charge in [-0.05, 0) is 18.8 Å². The highest BCUT2D eigenvalue weighted by atomic mass is 16.5. The van der Waals surface area contributed by atoms with Crippen molar-refractivity contribution in [3.8, 4) is 11.5 Å². The molecule has 0 radical (unpaired) electrons. The normalized spacial score (nSPS) is 22.8. The first-order chi connectivity index (χ1) is 13.4. The van der Waals surface area contributed by atoms with Crippen LogP contribution in [-0.2, 0) is 9.53 Å². The number of rotatable bonds is 6. The molecule has 1 aromatic heterocycles. The zero-order valence-corrected chi connectivity index (χ0v) is 18.5. The molecule has 0 spiro atoms. The van der Waals surface area contributed by atoms with Crippen LogP contribution in [0.15, 0.2) is 12.3 Å². The monoisotopic (exact) mass is 406 g/mol. The second-order valence-electron chi connectivity index (χ2n) is 9.73. The van der Waals surface area contributed by atoms with Gasteiger partial charge in [0.25, 0.3) is 5.91 Å². The highest BCUT2D eigenvalue weighted by Gasteiger charge is 2.50. The lowest BCUT2D eigenvalue weighted by molar-refractivity contribution is -0.174. The molecule has 1 amide bonds. The molecule has 1 aliphatic carbocycles. The molecule has 2 rings (SSSR count). The molecule has 0 bridgehead atoms. The summed E-state index contributed by atoms with van der Waals surface area (Å²) in [5.74, 6) is -0.464. The van der Waals surface area contributed by atoms with E-state index in [9.17, 15) is 14.7 Å². The third kappa shape index (κ3) is 5.40. The third-order valence-corrected chi connectivity index (χ3v) is 5.45. The van der Waals surface area contributed by atoms with Crippen LogP contribution in [-0.4, -0.2) is 41.2 Å². The summed E-state index contributed by atoms with van der Waals surface area (Å²) in [4.78, 5) is 29.0. The van der Waals surface area contributed by atoms with Crippen LogP contribution >= 0.6 is 0 Å². The van der Waals surface area contributed by atoms with Crippen LogP contribution in [0, 0.1) is 16.7 Å². The molecule has 1 aliphatic rings. The van der Waals surface area contributed by atoms with Crippen molar-refractivity contribution < 1.29 is 24.2 Å². The molecular formula is C22H34N2O5. The van der Waals surface area contributed by atoms with Crippen molar-refractivity contribution in [2.75, 3.05) is 7.11 Å². The Bertz CT molecular complexity index is 740. The molecule has 0 atom stereocenters. The Morgan fingerprint density at radius 2 is 1.83 bits per heavy atom. The van der Waals surface area contributed by atoms with Crippen molar-refractivity contribution in [1.82, 2.24) is 10.3 Å². The number of carbonyl (C=O) groups is 2. The molecule has 2 N–H and O–H groups in total. The maximum Gasteiger partial charge on any atom is 0.306 e. The highest BCUT2D eigenvalue weighted by molar-refractivity contribution is 5.95. The van der Waals surface area contributed by atoms with E-state index in [4.69, 9.17) is 9.47 Å². The van der Waals surface area contributed by atoms with Gasteiger partial charge in [0.1, 0.15) is 6.10 Å². The molecule has 0 saturated heterocycles. The zero-order valence-electron chi connectivity index (χ0n) is 18.5. The number of aromatic nitrogens is 1. The van der Waals surface area contributed by atoms with Gasteiger partial charge < -0.3 is 19.9 Å². The van der Waals surface area contributed by atoms with Crippen LogP contribution in [0.3, 0.4) is 0 Å². The molecule has 162 valence electrons. The Balaban J connectivity index is 2.14. The Labute approximate surface area is 173 Å². The van der Waals surface area contributed by atoms with Gasteiger partial charge in [-0.25, -0.2) is 4.98 Å². The second-order valence-corrected chi connectivity index (χ2v) is 9.73. The Morgan fingerprint density at radius 1 is 1.24 bits per heavy atom. The fourth-order valence-electron chi connectivity index (χ4n) is 4.57. The van der Waals surface area contributed by atoms with Crippen molar-refractivity contribution in [1.29, 1.82) is 0 Å². The van der Waals surface area contributed by atoms with E-state index < -0.39 is 5.91 Å². The number of pyridine rings is 1. The average Bonchev–Trinajstić information content (AvgIpc) is 2.57. The average molecular weight is 407 g/mol. The first-order valence-electron chi connectivity index (χ1n) is 10.1. The van der Waals surface area contributed by atoms with Crippen molar-refractivity contribution in [2.24, 2.45) is 16.7 Å². The van der Waals surface area contributed by atoms with Crippen LogP contribution in [0.2, 0.25) is 0 Å². The van der Waals surface area contributed by atoms with Gasteiger partial charge in [-0.15, -0.1) is 0 Å². The minimum absolute atomic E-state index is 0.0644. The predicted octanol–water partition coefficient (Wildman–Crippen LogP) is 3.70. The largest absolute Gasteiger partial charge is 0.503 e. The van der Waals surface area contributed by atoms with Gasteiger partial charge in [0.15, 0.2) is 17.2 Å². The van der Waals surface area contributed by atoms with E-state index in [2.05, 4.69) is 38.0 Å². The number of hydrogen-bond donors (Lipinski definition) is 2. The number of carbonyl (C=O) groups excluding carboxylic acids is 2. The molecule has 7 nitrogen and oxygen atoms in total. The van der Waals surface area contributed by atoms with Crippen molar-refractivity contribution in [3.05, 3.63) is 18.0 Å². The lowest BCUT2D eigenvalue weighted by Crippen LogP contribution is -2.56. The quantitative estimate of drug-likeness (QED) is 0.699. The summed E-state index contributed by atoms with van der Waals surface area (Å²) >= 11 is 0. The fourth-order valence-corrected chi connectivity index (χ4v) is 4.57. The van der Waals surface area contributed by atoms with Gasteiger partial charge in [0.2, 0.25) is 0 Å². The number of nitrogens with one attached hydrogen (secondary N) is 1. The molecule has 1 heterocycles. The summed E-state index contributed by atoms with van der Waals surface area (Å²) in [7, 11) is 1.42. The van der Waals surface area contributed by atoms with Crippen LogP contribution in [0.4, 0.5) is 0 Å². The fraction of sp³-hybridized carbons (Fsp3) is 0.682. The highest BCUT2D eigenvalue weighted by Crippen LogP contribution is 2.48. The lowest BCUT2D eigenvalue weighted by Gasteiger charge is -2.51. The number of amides is 1. The first-order valence-corrected chi connectivity index (χ1v) is 10.1. The van der Waals surface area contributed by atoms with E-state index in [1.165, 1.54) is 19.4 Å². The molecule has 1 saturated carbocycles. The number of nitrogens with zero attached hydrogens (tertiary/aromatic N) is 1. The number of ether oxygens (including phenoxy) is 2. The third-order valence-electron chi connectivity index (χ3n) is 5.45. The van der Waals surface area contributed by atoms with Crippen molar-refractivity contribution in [3.63, 3.8) is 0 Å². The second kappa shape index (κ2) is 8.59. The lowest BCUT2D eigenvalue weighted by atomic mass is 9.61. The van der Waals surface area contributed by atoms with Gasteiger partial charge >= 0.3 is 5.97 Å². The van der Waals surface area contributed by atoms with E-state index in [0.29, 0.717) is 19.3 Å². The van der Waals surface area contributed by atoms with Crippen LogP contribution in [0.5, 0.6) is 11.5 Å². The summed E-state index contributed by atoms with van der Waals surface area (Å²) in [6.07, 6.45) is 2.85. The number of hydrogen-bond acceptors (Lipinski definition) is 6. The molecule has 1 fully saturated rings. The van der Waals surface area contributed by atoms with Gasteiger partial charge in [0, 0.05) is 35.6 Å². The van der Waals surface area contributed by atoms with Gasteiger partial charge in [-0.2, -0.15) is 0 Å². The van der Waals surface area contributed by atoms with E-state index in [1.807, 2.05) is 13.8 Å². The van der Waals surface area contributed by atoms with E-state index in [-0.39, 0.29) is 52.1 Å². The van der Waals surface area contributed by atoms with Gasteiger partial charge in [0.05, 0.1) is 7.11 Å². The van der Waals surface area contributed by atoms with E-state index in [1.54, 1.807) is 0 Å². The number of aromatic hydroxyl groups is 1. The molecular weight excluding hydrogens is 372 g/mol. The van der Waals surface area contributed by atoms with Gasteiger partial charge in [-0.3, -0.25) is 9.59 Å². The maximum atomic E-state index is 12.7. The summed E-state index contributed by atoms with van der Waals surface area (Å²) in [6, 6.07) is 1.36. The van der Waals surface area contributed by atoms with E-state index >= 15 is 0 Å². The molecule has 0 aliphatic heterocycles.